The van der Waals surface area contributed by atoms with Gasteiger partial charge in [0, 0.05) is 11.1 Å². The van der Waals surface area contributed by atoms with E-state index >= 15 is 0 Å². The average Bonchev–Trinajstić information content (AvgIpc) is 2.20. The molecule has 2 atom stereocenters. The first-order chi connectivity index (χ1) is 6.63. The first-order valence-electron chi connectivity index (χ1n) is 4.73. The molecule has 0 saturated carbocycles. The highest BCUT2D eigenvalue weighted by Crippen LogP contribution is 2.17. The third-order valence-electron chi connectivity index (χ3n) is 2.30. The van der Waals surface area contributed by atoms with Gasteiger partial charge in [0.1, 0.15) is 11.9 Å². The number of halogens is 1. The van der Waals surface area contributed by atoms with Gasteiger partial charge in [0.15, 0.2) is 0 Å². The number of benzene rings is 1. The standard InChI is InChI=1S/C11H16ClNO/c1-8(13-3)9(2)14-11-6-4-10(12)5-7-11/h4-9,13H,1-3H3. The summed E-state index contributed by atoms with van der Waals surface area (Å²) >= 11 is 5.77. The molecule has 2 unspecified atom stereocenters. The zero-order valence-corrected chi connectivity index (χ0v) is 9.51. The SMILES string of the molecule is CNC(C)C(C)Oc1ccc(Cl)cc1. The number of likely N-dealkylation sites (N-methyl/N-ethyl adjacent to an activating group) is 1. The number of hydrogen-bond donors (Lipinski definition) is 1. The highest BCUT2D eigenvalue weighted by molar-refractivity contribution is 6.30. The lowest BCUT2D eigenvalue weighted by molar-refractivity contribution is 0.182. The molecule has 78 valence electrons. The Labute approximate surface area is 90.2 Å². The van der Waals surface area contributed by atoms with Crippen molar-refractivity contribution >= 4 is 11.6 Å². The normalized spacial score (nSPS) is 14.9. The predicted octanol–water partition coefficient (Wildman–Crippen LogP) is 2.72. The number of hydrogen-bond acceptors (Lipinski definition) is 2. The van der Waals surface area contributed by atoms with E-state index in [1.54, 1.807) is 0 Å². The van der Waals surface area contributed by atoms with Crippen molar-refractivity contribution in [1.82, 2.24) is 5.32 Å². The Kier molecular flexibility index (Phi) is 4.23. The van der Waals surface area contributed by atoms with E-state index in [1.165, 1.54) is 0 Å². The van der Waals surface area contributed by atoms with Crippen molar-refractivity contribution in [2.24, 2.45) is 0 Å². The fourth-order valence-corrected chi connectivity index (χ4v) is 1.19. The van der Waals surface area contributed by atoms with Gasteiger partial charge < -0.3 is 10.1 Å². The molecular formula is C11H16ClNO. The van der Waals surface area contributed by atoms with Gasteiger partial charge in [0.25, 0.3) is 0 Å². The molecule has 1 N–H and O–H groups in total. The Balaban J connectivity index is 2.56. The minimum atomic E-state index is 0.140. The summed E-state index contributed by atoms with van der Waals surface area (Å²) in [5.74, 6) is 0.851. The zero-order valence-electron chi connectivity index (χ0n) is 8.75. The summed E-state index contributed by atoms with van der Waals surface area (Å²) in [7, 11) is 1.92. The minimum absolute atomic E-state index is 0.140. The van der Waals surface area contributed by atoms with E-state index in [1.807, 2.05) is 38.2 Å². The van der Waals surface area contributed by atoms with Crippen LogP contribution in [0, 0.1) is 0 Å². The molecule has 3 heteroatoms. The molecule has 0 aromatic heterocycles. The molecule has 0 saturated heterocycles. The highest BCUT2D eigenvalue weighted by Gasteiger charge is 2.10. The Morgan fingerprint density at radius 1 is 1.21 bits per heavy atom. The van der Waals surface area contributed by atoms with E-state index in [0.717, 1.165) is 10.8 Å². The molecule has 0 aliphatic heterocycles. The van der Waals surface area contributed by atoms with Crippen molar-refractivity contribution in [1.29, 1.82) is 0 Å². The molecular weight excluding hydrogens is 198 g/mol. The zero-order chi connectivity index (χ0) is 10.6. The van der Waals surface area contributed by atoms with Gasteiger partial charge in [-0.1, -0.05) is 11.6 Å². The molecule has 0 heterocycles. The van der Waals surface area contributed by atoms with Gasteiger partial charge in [-0.25, -0.2) is 0 Å². The van der Waals surface area contributed by atoms with E-state index in [4.69, 9.17) is 16.3 Å². The first-order valence-corrected chi connectivity index (χ1v) is 5.10. The maximum Gasteiger partial charge on any atom is 0.119 e. The van der Waals surface area contributed by atoms with Crippen molar-refractivity contribution in [3.05, 3.63) is 29.3 Å². The van der Waals surface area contributed by atoms with Crippen LogP contribution in [-0.2, 0) is 0 Å². The van der Waals surface area contributed by atoms with Crippen LogP contribution in [-0.4, -0.2) is 19.2 Å². The van der Waals surface area contributed by atoms with Crippen molar-refractivity contribution in [3.8, 4) is 5.75 Å². The largest absolute Gasteiger partial charge is 0.489 e. The molecule has 0 bridgehead atoms. The third-order valence-corrected chi connectivity index (χ3v) is 2.55. The van der Waals surface area contributed by atoms with Crippen molar-refractivity contribution in [2.75, 3.05) is 7.05 Å². The smallest absolute Gasteiger partial charge is 0.119 e. The lowest BCUT2D eigenvalue weighted by Crippen LogP contribution is -2.36. The summed E-state index contributed by atoms with van der Waals surface area (Å²) < 4.78 is 5.70. The highest BCUT2D eigenvalue weighted by atomic mass is 35.5. The van der Waals surface area contributed by atoms with Crippen LogP contribution in [0.5, 0.6) is 5.75 Å². The summed E-state index contributed by atoms with van der Waals surface area (Å²) in [4.78, 5) is 0. The molecule has 1 aromatic carbocycles. The van der Waals surface area contributed by atoms with Crippen molar-refractivity contribution < 1.29 is 4.74 Å². The Morgan fingerprint density at radius 2 is 1.79 bits per heavy atom. The van der Waals surface area contributed by atoms with E-state index in [2.05, 4.69) is 12.2 Å². The second kappa shape index (κ2) is 5.23. The average molecular weight is 214 g/mol. The quantitative estimate of drug-likeness (QED) is 0.831. The maximum absolute atomic E-state index is 5.77. The summed E-state index contributed by atoms with van der Waals surface area (Å²) in [5.41, 5.74) is 0. The van der Waals surface area contributed by atoms with E-state index in [0.29, 0.717) is 6.04 Å². The molecule has 1 aromatic rings. The van der Waals surface area contributed by atoms with Crippen LogP contribution in [0.25, 0.3) is 0 Å². The minimum Gasteiger partial charge on any atom is -0.489 e. The van der Waals surface area contributed by atoms with Gasteiger partial charge in [0.2, 0.25) is 0 Å². The summed E-state index contributed by atoms with van der Waals surface area (Å²) in [6.45, 7) is 4.12. The predicted molar refractivity (Wildman–Crippen MR) is 60.1 cm³/mol. The molecule has 0 fully saturated rings. The first kappa shape index (κ1) is 11.3. The fraction of sp³-hybridized carbons (Fsp3) is 0.455. The van der Waals surface area contributed by atoms with Gasteiger partial charge in [-0.3, -0.25) is 0 Å². The summed E-state index contributed by atoms with van der Waals surface area (Å²) in [6, 6.07) is 7.73. The lowest BCUT2D eigenvalue weighted by atomic mass is 10.2. The lowest BCUT2D eigenvalue weighted by Gasteiger charge is -2.20. The topological polar surface area (TPSA) is 21.3 Å². The molecule has 14 heavy (non-hydrogen) atoms. The Morgan fingerprint density at radius 3 is 2.29 bits per heavy atom. The van der Waals surface area contributed by atoms with Crippen LogP contribution in [0.2, 0.25) is 5.02 Å². The van der Waals surface area contributed by atoms with Crippen LogP contribution < -0.4 is 10.1 Å². The van der Waals surface area contributed by atoms with Crippen molar-refractivity contribution in [3.63, 3.8) is 0 Å². The van der Waals surface area contributed by atoms with E-state index in [-0.39, 0.29) is 6.10 Å². The Hall–Kier alpha value is -0.730. The fourth-order valence-electron chi connectivity index (χ4n) is 1.06. The monoisotopic (exact) mass is 213 g/mol. The summed E-state index contributed by atoms with van der Waals surface area (Å²) in [5, 5.41) is 3.87. The van der Waals surface area contributed by atoms with Crippen LogP contribution >= 0.6 is 11.6 Å². The van der Waals surface area contributed by atoms with Gasteiger partial charge in [-0.15, -0.1) is 0 Å². The molecule has 1 rings (SSSR count). The molecule has 0 aliphatic carbocycles. The van der Waals surface area contributed by atoms with Crippen molar-refractivity contribution in [2.45, 2.75) is 26.0 Å². The number of nitrogens with one attached hydrogen (secondary N) is 1. The third kappa shape index (κ3) is 3.20. The maximum atomic E-state index is 5.77. The Bertz CT molecular complexity index is 273. The van der Waals surface area contributed by atoms with Gasteiger partial charge >= 0.3 is 0 Å². The second-order valence-corrected chi connectivity index (χ2v) is 3.79. The van der Waals surface area contributed by atoms with Crippen LogP contribution in [0.4, 0.5) is 0 Å². The molecule has 0 amide bonds. The molecule has 0 radical (unpaired) electrons. The van der Waals surface area contributed by atoms with Crippen LogP contribution in [0.1, 0.15) is 13.8 Å². The van der Waals surface area contributed by atoms with Crippen LogP contribution in [0.15, 0.2) is 24.3 Å². The van der Waals surface area contributed by atoms with E-state index < -0.39 is 0 Å². The van der Waals surface area contributed by atoms with E-state index in [9.17, 15) is 0 Å². The molecule has 2 nitrogen and oxygen atoms in total. The van der Waals surface area contributed by atoms with Gasteiger partial charge in [0.05, 0.1) is 0 Å². The second-order valence-electron chi connectivity index (χ2n) is 3.35. The molecule has 0 spiro atoms. The van der Waals surface area contributed by atoms with Crippen LogP contribution in [0.3, 0.4) is 0 Å². The summed E-state index contributed by atoms with van der Waals surface area (Å²) in [6.07, 6.45) is 0.140. The van der Waals surface area contributed by atoms with Gasteiger partial charge in [-0.05, 0) is 45.2 Å². The van der Waals surface area contributed by atoms with Gasteiger partial charge in [-0.2, -0.15) is 0 Å². The molecule has 0 aliphatic rings. The number of ether oxygens (including phenoxy) is 1. The number of rotatable bonds is 4.